The molecule has 0 spiro atoms. The Kier molecular flexibility index (Phi) is 8.67. The largest absolute Gasteiger partial charge is 0.478 e. The maximum absolute atomic E-state index is 10.2. The molecule has 3 N–H and O–H groups in total. The van der Waals surface area contributed by atoms with Gasteiger partial charge in [-0.3, -0.25) is 0 Å². The van der Waals surface area contributed by atoms with Gasteiger partial charge in [-0.25, -0.2) is 9.98 Å². The highest BCUT2D eigenvalue weighted by atomic mass is 35.5. The molecule has 0 saturated heterocycles. The van der Waals surface area contributed by atoms with Crippen LogP contribution in [0.4, 0.5) is 0 Å². The number of nitrogens with one attached hydrogen (secondary N) is 2. The molecule has 0 saturated carbocycles. The Balaban J connectivity index is 1.89. The lowest BCUT2D eigenvalue weighted by Crippen LogP contribution is -2.39. The van der Waals surface area contributed by atoms with Crippen LogP contribution in [0.1, 0.15) is 36.8 Å². The molecule has 0 aliphatic heterocycles. The minimum absolute atomic E-state index is 0.352. The van der Waals surface area contributed by atoms with Crippen LogP contribution in [0.3, 0.4) is 0 Å². The van der Waals surface area contributed by atoms with Crippen molar-refractivity contribution in [3.05, 3.63) is 45.2 Å². The molecular weight excluding hydrogens is 372 g/mol. The zero-order valence-corrected chi connectivity index (χ0v) is 16.6. The Hall–Kier alpha value is -1.83. The first-order chi connectivity index (χ1) is 12.6. The summed E-state index contributed by atoms with van der Waals surface area (Å²) in [4.78, 5) is 9.62. The van der Waals surface area contributed by atoms with Gasteiger partial charge >= 0.3 is 0 Å². The average molecular weight is 397 g/mol. The van der Waals surface area contributed by atoms with Crippen LogP contribution in [0.5, 0.6) is 5.88 Å². The predicted molar refractivity (Wildman–Crippen MR) is 107 cm³/mol. The molecule has 1 unspecified atom stereocenters. The number of aliphatic hydroxyl groups excluding tert-OH is 1. The third-order valence-corrected chi connectivity index (χ3v) is 4.73. The van der Waals surface area contributed by atoms with Crippen LogP contribution in [0, 0.1) is 0 Å². The maximum Gasteiger partial charge on any atom is 0.213 e. The lowest BCUT2D eigenvalue weighted by atomic mass is 10.3. The zero-order chi connectivity index (χ0) is 18.8. The van der Waals surface area contributed by atoms with Gasteiger partial charge in [-0.2, -0.15) is 0 Å². The van der Waals surface area contributed by atoms with Crippen LogP contribution in [-0.2, 0) is 6.54 Å². The van der Waals surface area contributed by atoms with E-state index in [9.17, 15) is 5.11 Å². The first-order valence-electron chi connectivity index (χ1n) is 8.65. The fourth-order valence-corrected chi connectivity index (χ4v) is 3.16. The number of guanidine groups is 1. The molecule has 0 radical (unpaired) electrons. The van der Waals surface area contributed by atoms with Gasteiger partial charge in [-0.1, -0.05) is 24.6 Å². The lowest BCUT2D eigenvalue weighted by Gasteiger charge is -2.14. The summed E-state index contributed by atoms with van der Waals surface area (Å²) < 4.78 is 6.14. The molecule has 0 amide bonds. The Morgan fingerprint density at radius 3 is 2.77 bits per heavy atom. The molecule has 6 nitrogen and oxygen atoms in total. The van der Waals surface area contributed by atoms with Gasteiger partial charge in [0.1, 0.15) is 6.10 Å². The van der Waals surface area contributed by atoms with E-state index in [1.807, 2.05) is 25.1 Å². The summed E-state index contributed by atoms with van der Waals surface area (Å²) in [5.41, 5.74) is 0.983. The number of hydrogen-bond donors (Lipinski definition) is 3. The number of pyridine rings is 1. The van der Waals surface area contributed by atoms with Crippen molar-refractivity contribution in [2.45, 2.75) is 32.9 Å². The molecule has 0 aromatic carbocycles. The van der Waals surface area contributed by atoms with Crippen molar-refractivity contribution >= 4 is 28.9 Å². The van der Waals surface area contributed by atoms with E-state index in [4.69, 9.17) is 16.3 Å². The van der Waals surface area contributed by atoms with Crippen LogP contribution in [0.2, 0.25) is 4.34 Å². The number of thiophene rings is 1. The van der Waals surface area contributed by atoms with Gasteiger partial charge in [0.2, 0.25) is 5.88 Å². The van der Waals surface area contributed by atoms with E-state index in [2.05, 4.69) is 27.5 Å². The second kappa shape index (κ2) is 11.0. The Morgan fingerprint density at radius 2 is 2.15 bits per heavy atom. The van der Waals surface area contributed by atoms with Gasteiger partial charge in [0.15, 0.2) is 5.96 Å². The lowest BCUT2D eigenvalue weighted by molar-refractivity contribution is 0.184. The van der Waals surface area contributed by atoms with E-state index in [0.717, 1.165) is 23.4 Å². The summed E-state index contributed by atoms with van der Waals surface area (Å²) in [7, 11) is 0. The second-order valence-corrected chi connectivity index (χ2v) is 7.33. The summed E-state index contributed by atoms with van der Waals surface area (Å²) >= 11 is 7.28. The molecule has 0 aliphatic rings. The molecule has 8 heteroatoms. The van der Waals surface area contributed by atoms with Crippen molar-refractivity contribution in [3.63, 3.8) is 0 Å². The first kappa shape index (κ1) is 20.5. The number of rotatable bonds is 9. The highest BCUT2D eigenvalue weighted by molar-refractivity contribution is 7.16. The fourth-order valence-electron chi connectivity index (χ4n) is 2.11. The van der Waals surface area contributed by atoms with Crippen LogP contribution in [0.15, 0.2) is 35.5 Å². The SMILES string of the molecule is CCCOc1ccc(CN=C(NCC)NCC(O)c2ccc(Cl)s2)cn1. The number of hydrogen-bond acceptors (Lipinski definition) is 5. The van der Waals surface area contributed by atoms with E-state index < -0.39 is 6.10 Å². The van der Waals surface area contributed by atoms with Crippen LogP contribution >= 0.6 is 22.9 Å². The predicted octanol–water partition coefficient (Wildman–Crippen LogP) is 3.37. The summed E-state index contributed by atoms with van der Waals surface area (Å²) in [6.07, 6.45) is 2.09. The van der Waals surface area contributed by atoms with E-state index in [-0.39, 0.29) is 0 Å². The summed E-state index contributed by atoms with van der Waals surface area (Å²) in [6.45, 7) is 6.28. The quantitative estimate of drug-likeness (QED) is 0.447. The summed E-state index contributed by atoms with van der Waals surface area (Å²) in [5, 5.41) is 16.5. The summed E-state index contributed by atoms with van der Waals surface area (Å²) in [5.74, 6) is 1.27. The van der Waals surface area contributed by atoms with E-state index >= 15 is 0 Å². The molecule has 0 aliphatic carbocycles. The van der Waals surface area contributed by atoms with E-state index in [1.165, 1.54) is 11.3 Å². The average Bonchev–Trinajstić information content (AvgIpc) is 3.09. The van der Waals surface area contributed by atoms with Crippen molar-refractivity contribution in [1.29, 1.82) is 0 Å². The number of aromatic nitrogens is 1. The van der Waals surface area contributed by atoms with Crippen molar-refractivity contribution in [3.8, 4) is 5.88 Å². The van der Waals surface area contributed by atoms with Gasteiger partial charge in [0, 0.05) is 30.2 Å². The molecule has 0 fully saturated rings. The Bertz CT molecular complexity index is 691. The number of nitrogens with zero attached hydrogens (tertiary/aromatic N) is 2. The van der Waals surface area contributed by atoms with Gasteiger partial charge in [-0.15, -0.1) is 11.3 Å². The monoisotopic (exact) mass is 396 g/mol. The molecule has 0 bridgehead atoms. The number of aliphatic imine (C=N–C) groups is 1. The molecule has 2 aromatic rings. The summed E-state index contributed by atoms with van der Waals surface area (Å²) in [6, 6.07) is 7.42. The van der Waals surface area contributed by atoms with Crippen molar-refractivity contribution < 1.29 is 9.84 Å². The Labute approximate surface area is 163 Å². The van der Waals surface area contributed by atoms with Gasteiger partial charge in [0.25, 0.3) is 0 Å². The molecule has 142 valence electrons. The zero-order valence-electron chi connectivity index (χ0n) is 15.0. The third-order valence-electron chi connectivity index (χ3n) is 3.40. The standard InChI is InChI=1S/C18H25ClN4O2S/c1-3-9-25-17-8-5-13(10-21-17)11-22-18(20-4-2)23-12-14(24)15-6-7-16(19)26-15/h5-8,10,14,24H,3-4,9,11-12H2,1-2H3,(H2,20,22,23). The van der Waals surface area contributed by atoms with E-state index in [1.54, 1.807) is 12.3 Å². The molecule has 26 heavy (non-hydrogen) atoms. The van der Waals surface area contributed by atoms with Crippen LogP contribution < -0.4 is 15.4 Å². The van der Waals surface area contributed by atoms with Gasteiger partial charge < -0.3 is 20.5 Å². The van der Waals surface area contributed by atoms with E-state index in [0.29, 0.717) is 35.9 Å². The van der Waals surface area contributed by atoms with Crippen molar-refractivity contribution in [2.75, 3.05) is 19.7 Å². The molecule has 2 rings (SSSR count). The highest BCUT2D eigenvalue weighted by Crippen LogP contribution is 2.26. The molecular formula is C18H25ClN4O2S. The second-order valence-electron chi connectivity index (χ2n) is 5.59. The van der Waals surface area contributed by atoms with Gasteiger partial charge in [-0.05, 0) is 31.0 Å². The maximum atomic E-state index is 10.2. The van der Waals surface area contributed by atoms with Crippen molar-refractivity contribution in [2.24, 2.45) is 4.99 Å². The minimum Gasteiger partial charge on any atom is -0.478 e. The normalized spacial score (nSPS) is 12.7. The fraction of sp³-hybridized carbons (Fsp3) is 0.444. The minimum atomic E-state index is -0.631. The first-order valence-corrected chi connectivity index (χ1v) is 9.85. The highest BCUT2D eigenvalue weighted by Gasteiger charge is 2.11. The number of halogens is 1. The molecule has 1 atom stereocenters. The van der Waals surface area contributed by atoms with Gasteiger partial charge in [0.05, 0.1) is 17.5 Å². The molecule has 2 aromatic heterocycles. The van der Waals surface area contributed by atoms with Crippen molar-refractivity contribution in [1.82, 2.24) is 15.6 Å². The van der Waals surface area contributed by atoms with Crippen LogP contribution in [-0.4, -0.2) is 35.7 Å². The Morgan fingerprint density at radius 1 is 1.31 bits per heavy atom. The molecule has 2 heterocycles. The smallest absolute Gasteiger partial charge is 0.213 e. The topological polar surface area (TPSA) is 78.8 Å². The third kappa shape index (κ3) is 6.82. The van der Waals surface area contributed by atoms with Crippen LogP contribution in [0.25, 0.3) is 0 Å². The number of aliphatic hydroxyl groups is 1. The number of ether oxygens (including phenoxy) is 1.